The van der Waals surface area contributed by atoms with E-state index in [-0.39, 0.29) is 12.4 Å². The highest BCUT2D eigenvalue weighted by atomic mass is 35.5. The minimum Gasteiger partial charge on any atom is -0.377 e. The fourth-order valence-electron chi connectivity index (χ4n) is 0.0527. The number of hydrazone groups is 1. The van der Waals surface area contributed by atoms with Crippen LogP contribution in [0.2, 0.25) is 0 Å². The monoisotopic (exact) mass is 141 g/mol. The second-order valence-electron chi connectivity index (χ2n) is 0.671. The van der Waals surface area contributed by atoms with E-state index in [2.05, 4.69) is 5.10 Å². The Bertz CT molecular complexity index is 64.0. The van der Waals surface area contributed by atoms with E-state index in [0.717, 1.165) is 0 Å². The molecule has 7 heavy (non-hydrogen) atoms. The quantitative estimate of drug-likeness (QED) is 0.215. The van der Waals surface area contributed by atoms with Gasteiger partial charge in [-0.25, -0.2) is 0 Å². The number of amidine groups is 1. The van der Waals surface area contributed by atoms with E-state index < -0.39 is 0 Å². The highest BCUT2D eigenvalue weighted by Crippen LogP contribution is 1.85. The lowest BCUT2D eigenvalue weighted by molar-refractivity contribution is 1.25. The average Bonchev–Trinajstić information content (AvgIpc) is 1.65. The van der Waals surface area contributed by atoms with Gasteiger partial charge in [-0.2, -0.15) is 5.10 Å². The predicted molar refractivity (Wildman–Crippen MR) is 36.6 cm³/mol. The molecule has 0 amide bonds. The summed E-state index contributed by atoms with van der Waals surface area (Å²) in [6.45, 7) is 0. The summed E-state index contributed by atoms with van der Waals surface area (Å²) >= 11 is 1.33. The standard InChI is InChI=1S/C2H7N3S.ClH/c1-6-2(3)5-4;/h4H2,1H3,(H2,3,5);1H. The molecule has 0 aliphatic carbocycles. The molecule has 0 saturated carbocycles. The summed E-state index contributed by atoms with van der Waals surface area (Å²) in [6.07, 6.45) is 1.81. The second kappa shape index (κ2) is 5.91. The Hall–Kier alpha value is -0.0900. The summed E-state index contributed by atoms with van der Waals surface area (Å²) in [7, 11) is 0. The van der Waals surface area contributed by atoms with E-state index in [1.54, 1.807) is 0 Å². The van der Waals surface area contributed by atoms with Gasteiger partial charge in [0.1, 0.15) is 0 Å². The van der Waals surface area contributed by atoms with Crippen LogP contribution in [0.4, 0.5) is 0 Å². The number of thioether (sulfide) groups is 1. The molecule has 0 unspecified atom stereocenters. The van der Waals surface area contributed by atoms with Gasteiger partial charge in [0, 0.05) is 0 Å². The molecule has 0 aromatic carbocycles. The van der Waals surface area contributed by atoms with Gasteiger partial charge in [0.05, 0.1) is 0 Å². The molecule has 0 aliphatic heterocycles. The molecule has 0 fully saturated rings. The lowest BCUT2D eigenvalue weighted by atomic mass is 11.4. The maximum atomic E-state index is 5.06. The van der Waals surface area contributed by atoms with Crippen molar-refractivity contribution >= 4 is 29.3 Å². The summed E-state index contributed by atoms with van der Waals surface area (Å²) in [5.74, 6) is 4.72. The van der Waals surface area contributed by atoms with Crippen molar-refractivity contribution in [3.8, 4) is 0 Å². The first-order valence-electron chi connectivity index (χ1n) is 1.38. The summed E-state index contributed by atoms with van der Waals surface area (Å²) in [5.41, 5.74) is 5.06. The van der Waals surface area contributed by atoms with Crippen molar-refractivity contribution < 1.29 is 0 Å². The summed E-state index contributed by atoms with van der Waals surface area (Å²) in [5, 5.41) is 3.58. The molecule has 0 aromatic heterocycles. The van der Waals surface area contributed by atoms with E-state index in [0.29, 0.717) is 5.17 Å². The molecule has 0 aliphatic rings. The molecule has 0 bridgehead atoms. The average molecular weight is 142 g/mol. The van der Waals surface area contributed by atoms with Crippen molar-refractivity contribution in [1.82, 2.24) is 0 Å². The lowest BCUT2D eigenvalue weighted by Crippen LogP contribution is -2.07. The van der Waals surface area contributed by atoms with Gasteiger partial charge in [-0.05, 0) is 6.26 Å². The van der Waals surface area contributed by atoms with E-state index >= 15 is 0 Å². The smallest absolute Gasteiger partial charge is 0.177 e. The first-order valence-corrected chi connectivity index (χ1v) is 2.61. The third kappa shape index (κ3) is 5.91. The predicted octanol–water partition coefficient (Wildman–Crippen LogP) is -0.0404. The molecule has 5 heteroatoms. The lowest BCUT2D eigenvalue weighted by Gasteiger charge is -1.83. The molecular formula is C2H8ClN3S. The van der Waals surface area contributed by atoms with Crippen LogP contribution in [0.25, 0.3) is 0 Å². The van der Waals surface area contributed by atoms with Crippen LogP contribution in [0.3, 0.4) is 0 Å². The Morgan fingerprint density at radius 3 is 2.14 bits per heavy atom. The number of nitrogens with zero attached hydrogens (tertiary/aromatic N) is 1. The summed E-state index contributed by atoms with van der Waals surface area (Å²) < 4.78 is 0. The van der Waals surface area contributed by atoms with E-state index in [4.69, 9.17) is 11.6 Å². The molecule has 4 N–H and O–H groups in total. The van der Waals surface area contributed by atoms with Gasteiger partial charge in [0.15, 0.2) is 5.17 Å². The normalized spacial score (nSPS) is 10.1. The first kappa shape index (κ1) is 10.0. The van der Waals surface area contributed by atoms with Crippen LogP contribution in [-0.2, 0) is 0 Å². The van der Waals surface area contributed by atoms with Crippen LogP contribution in [0, 0.1) is 0 Å². The van der Waals surface area contributed by atoms with Gasteiger partial charge in [0.25, 0.3) is 0 Å². The molecule has 0 rings (SSSR count). The van der Waals surface area contributed by atoms with Crippen molar-refractivity contribution in [3.05, 3.63) is 0 Å². The number of halogens is 1. The van der Waals surface area contributed by atoms with Crippen LogP contribution in [0.1, 0.15) is 0 Å². The molecule has 3 nitrogen and oxygen atoms in total. The minimum atomic E-state index is 0. The third-order valence-electron chi connectivity index (χ3n) is 0.336. The first-order chi connectivity index (χ1) is 2.81. The summed E-state index contributed by atoms with van der Waals surface area (Å²) in [6, 6.07) is 0. The van der Waals surface area contributed by atoms with Crippen molar-refractivity contribution in [3.63, 3.8) is 0 Å². The fourth-order valence-corrected chi connectivity index (χ4v) is 0.158. The Balaban J connectivity index is 0. The Labute approximate surface area is 52.9 Å². The second-order valence-corrected chi connectivity index (χ2v) is 1.50. The number of hydrogen-bond acceptors (Lipinski definition) is 3. The van der Waals surface area contributed by atoms with E-state index in [1.165, 1.54) is 11.8 Å². The largest absolute Gasteiger partial charge is 0.377 e. The van der Waals surface area contributed by atoms with Crippen molar-refractivity contribution in [2.75, 3.05) is 6.26 Å². The molecule has 44 valence electrons. The third-order valence-corrected chi connectivity index (χ3v) is 0.860. The van der Waals surface area contributed by atoms with Gasteiger partial charge in [-0.15, -0.1) is 12.4 Å². The fraction of sp³-hybridized carbons (Fsp3) is 0.500. The zero-order chi connectivity index (χ0) is 4.99. The number of rotatable bonds is 0. The highest BCUT2D eigenvalue weighted by molar-refractivity contribution is 8.13. The topological polar surface area (TPSA) is 64.4 Å². The van der Waals surface area contributed by atoms with Gasteiger partial charge < -0.3 is 11.6 Å². The number of hydrogen-bond donors (Lipinski definition) is 2. The van der Waals surface area contributed by atoms with E-state index in [1.807, 2.05) is 6.26 Å². The van der Waals surface area contributed by atoms with Crippen LogP contribution < -0.4 is 11.6 Å². The maximum absolute atomic E-state index is 5.06. The van der Waals surface area contributed by atoms with Crippen molar-refractivity contribution in [2.24, 2.45) is 16.7 Å². The molecule has 0 saturated heterocycles. The molecule has 0 aromatic rings. The molecule has 0 atom stereocenters. The van der Waals surface area contributed by atoms with Crippen molar-refractivity contribution in [2.45, 2.75) is 0 Å². The van der Waals surface area contributed by atoms with Crippen LogP contribution in [0.5, 0.6) is 0 Å². The number of nitrogens with two attached hydrogens (primary N) is 2. The van der Waals surface area contributed by atoms with Crippen LogP contribution in [-0.4, -0.2) is 11.4 Å². The minimum absolute atomic E-state index is 0. The van der Waals surface area contributed by atoms with Crippen molar-refractivity contribution in [1.29, 1.82) is 0 Å². The van der Waals surface area contributed by atoms with Gasteiger partial charge in [0.2, 0.25) is 0 Å². The Morgan fingerprint density at radius 1 is 1.71 bits per heavy atom. The molecular weight excluding hydrogens is 134 g/mol. The van der Waals surface area contributed by atoms with Gasteiger partial charge in [-0.1, -0.05) is 11.8 Å². The Morgan fingerprint density at radius 2 is 2.14 bits per heavy atom. The molecule has 0 spiro atoms. The van der Waals surface area contributed by atoms with Crippen LogP contribution in [0.15, 0.2) is 5.10 Å². The molecule has 0 heterocycles. The highest BCUT2D eigenvalue weighted by Gasteiger charge is 1.77. The zero-order valence-corrected chi connectivity index (χ0v) is 5.55. The van der Waals surface area contributed by atoms with Crippen LogP contribution >= 0.6 is 24.2 Å². The molecule has 0 radical (unpaired) electrons. The van der Waals surface area contributed by atoms with Gasteiger partial charge in [-0.3, -0.25) is 0 Å². The van der Waals surface area contributed by atoms with E-state index in [9.17, 15) is 0 Å². The summed E-state index contributed by atoms with van der Waals surface area (Å²) in [4.78, 5) is 0. The Kier molecular flexibility index (Phi) is 8.45. The van der Waals surface area contributed by atoms with Gasteiger partial charge >= 0.3 is 0 Å². The SMILES string of the molecule is CS/C(N)=N/N.Cl. The zero-order valence-electron chi connectivity index (χ0n) is 3.92. The maximum Gasteiger partial charge on any atom is 0.177 e.